The van der Waals surface area contributed by atoms with Crippen molar-refractivity contribution in [2.45, 2.75) is 16.4 Å². The summed E-state index contributed by atoms with van der Waals surface area (Å²) in [5.74, 6) is 0. The van der Waals surface area contributed by atoms with E-state index in [1.165, 1.54) is 0 Å². The minimum atomic E-state index is -4.49. The highest BCUT2D eigenvalue weighted by molar-refractivity contribution is 7.99. The Kier molecular flexibility index (Phi) is 2.86. The highest BCUT2D eigenvalue weighted by Crippen LogP contribution is 2.31. The highest BCUT2D eigenvalue weighted by Gasteiger charge is 2.33. The first-order valence-electron chi connectivity index (χ1n) is 4.27. The van der Waals surface area contributed by atoms with E-state index in [0.717, 1.165) is 11.8 Å². The zero-order chi connectivity index (χ0) is 11.6. The lowest BCUT2D eigenvalue weighted by molar-refractivity contribution is -0.209. The molecule has 0 unspecified atom stereocenters. The molecule has 0 aliphatic rings. The van der Waals surface area contributed by atoms with Crippen molar-refractivity contribution >= 4 is 11.8 Å². The van der Waals surface area contributed by atoms with Gasteiger partial charge in [-0.25, -0.2) is 4.57 Å². The van der Waals surface area contributed by atoms with Crippen LogP contribution in [0.1, 0.15) is 0 Å². The summed E-state index contributed by atoms with van der Waals surface area (Å²) in [6.07, 6.45) is -3.83. The van der Waals surface area contributed by atoms with Gasteiger partial charge in [-0.2, -0.15) is 0 Å². The molecule has 16 heavy (non-hydrogen) atoms. The standard InChI is InChI=1S/C9H6F3N3S/c10-9(11,12)15-6-13-14-8(15)16-7-4-2-1-3-5-7/h1-6H. The molecule has 2 aromatic rings. The molecule has 2 rings (SSSR count). The molecule has 0 aliphatic heterocycles. The van der Waals surface area contributed by atoms with Crippen LogP contribution in [0.25, 0.3) is 0 Å². The van der Waals surface area contributed by atoms with Crippen LogP contribution >= 0.6 is 11.8 Å². The second-order valence-corrected chi connectivity index (χ2v) is 3.91. The van der Waals surface area contributed by atoms with Crippen LogP contribution < -0.4 is 0 Å². The molecular weight excluding hydrogens is 239 g/mol. The molecule has 0 fully saturated rings. The van der Waals surface area contributed by atoms with Crippen LogP contribution in [0, 0.1) is 0 Å². The van der Waals surface area contributed by atoms with Gasteiger partial charge < -0.3 is 0 Å². The number of alkyl halides is 3. The third-order valence-electron chi connectivity index (χ3n) is 1.74. The first-order valence-corrected chi connectivity index (χ1v) is 5.09. The monoisotopic (exact) mass is 245 g/mol. The molecule has 0 bridgehead atoms. The van der Waals surface area contributed by atoms with Crippen molar-refractivity contribution in [1.82, 2.24) is 14.8 Å². The van der Waals surface area contributed by atoms with Crippen molar-refractivity contribution in [2.24, 2.45) is 0 Å². The van der Waals surface area contributed by atoms with Gasteiger partial charge in [-0.3, -0.25) is 0 Å². The smallest absolute Gasteiger partial charge is 0.217 e. The van der Waals surface area contributed by atoms with E-state index in [1.807, 2.05) is 0 Å². The average Bonchev–Trinajstić information content (AvgIpc) is 2.67. The van der Waals surface area contributed by atoms with Crippen LogP contribution in [0.4, 0.5) is 13.2 Å². The maximum absolute atomic E-state index is 12.5. The lowest BCUT2D eigenvalue weighted by Gasteiger charge is -2.08. The highest BCUT2D eigenvalue weighted by atomic mass is 32.2. The maximum atomic E-state index is 12.5. The van der Waals surface area contributed by atoms with E-state index >= 15 is 0 Å². The SMILES string of the molecule is FC(F)(F)n1cnnc1Sc1ccccc1. The molecule has 0 N–H and O–H groups in total. The Bertz CT molecular complexity index is 466. The van der Waals surface area contributed by atoms with Crippen molar-refractivity contribution in [2.75, 3.05) is 0 Å². The normalized spacial score (nSPS) is 11.7. The molecule has 0 aliphatic carbocycles. The Labute approximate surface area is 93.3 Å². The Morgan fingerprint density at radius 1 is 1.12 bits per heavy atom. The summed E-state index contributed by atoms with van der Waals surface area (Å²) in [5, 5.41) is 6.50. The molecule has 0 saturated carbocycles. The molecule has 3 nitrogen and oxygen atoms in total. The van der Waals surface area contributed by atoms with E-state index in [2.05, 4.69) is 10.2 Å². The second kappa shape index (κ2) is 4.17. The zero-order valence-electron chi connectivity index (χ0n) is 7.85. The zero-order valence-corrected chi connectivity index (χ0v) is 8.66. The summed E-state index contributed by atoms with van der Waals surface area (Å²) < 4.78 is 37.5. The Balaban J connectivity index is 2.26. The molecule has 0 radical (unpaired) electrons. The largest absolute Gasteiger partial charge is 0.491 e. The fourth-order valence-electron chi connectivity index (χ4n) is 1.06. The summed E-state index contributed by atoms with van der Waals surface area (Å²) >= 11 is 0.917. The molecule has 0 atom stereocenters. The minimum absolute atomic E-state index is 0.0880. The first kappa shape index (κ1) is 11.0. The van der Waals surface area contributed by atoms with Gasteiger partial charge in [0.05, 0.1) is 0 Å². The molecule has 7 heteroatoms. The van der Waals surface area contributed by atoms with Crippen LogP contribution in [0.15, 0.2) is 46.7 Å². The van der Waals surface area contributed by atoms with E-state index in [-0.39, 0.29) is 9.72 Å². The maximum Gasteiger partial charge on any atom is 0.491 e. The van der Waals surface area contributed by atoms with Gasteiger partial charge in [0.25, 0.3) is 0 Å². The lowest BCUT2D eigenvalue weighted by atomic mass is 10.4. The molecular formula is C9H6F3N3S. The number of aromatic nitrogens is 3. The van der Waals surface area contributed by atoms with Gasteiger partial charge in [0.15, 0.2) is 0 Å². The quantitative estimate of drug-likeness (QED) is 0.815. The second-order valence-electron chi connectivity index (χ2n) is 2.87. The average molecular weight is 245 g/mol. The van der Waals surface area contributed by atoms with Gasteiger partial charge in [-0.05, 0) is 23.9 Å². The summed E-state index contributed by atoms with van der Waals surface area (Å²) in [6.45, 7) is 0. The van der Waals surface area contributed by atoms with Gasteiger partial charge >= 0.3 is 6.30 Å². The molecule has 0 spiro atoms. The van der Waals surface area contributed by atoms with E-state index in [4.69, 9.17) is 0 Å². The van der Waals surface area contributed by atoms with Crippen molar-refractivity contribution in [3.63, 3.8) is 0 Å². The van der Waals surface area contributed by atoms with E-state index < -0.39 is 6.30 Å². The number of rotatable bonds is 2. The van der Waals surface area contributed by atoms with Gasteiger partial charge in [-0.1, -0.05) is 18.2 Å². The van der Waals surface area contributed by atoms with E-state index in [0.29, 0.717) is 11.2 Å². The summed E-state index contributed by atoms with van der Waals surface area (Å²) in [5.41, 5.74) is 0. The third-order valence-corrected chi connectivity index (χ3v) is 2.71. The predicted octanol–water partition coefficient (Wildman–Crippen LogP) is 2.91. The van der Waals surface area contributed by atoms with Gasteiger partial charge in [-0.15, -0.1) is 23.4 Å². The third kappa shape index (κ3) is 2.35. The van der Waals surface area contributed by atoms with Crippen LogP contribution in [-0.4, -0.2) is 14.8 Å². The van der Waals surface area contributed by atoms with Crippen molar-refractivity contribution in [3.05, 3.63) is 36.7 Å². The van der Waals surface area contributed by atoms with Gasteiger partial charge in [0.2, 0.25) is 5.16 Å². The number of nitrogens with zero attached hydrogens (tertiary/aromatic N) is 3. The minimum Gasteiger partial charge on any atom is -0.217 e. The van der Waals surface area contributed by atoms with Crippen LogP contribution in [0.3, 0.4) is 0 Å². The Morgan fingerprint density at radius 2 is 1.81 bits per heavy atom. The van der Waals surface area contributed by atoms with Crippen LogP contribution in [0.5, 0.6) is 0 Å². The first-order chi connectivity index (χ1) is 7.57. The van der Waals surface area contributed by atoms with Crippen LogP contribution in [-0.2, 0) is 6.30 Å². The summed E-state index contributed by atoms with van der Waals surface area (Å²) in [4.78, 5) is 0.681. The fraction of sp³-hybridized carbons (Fsp3) is 0.111. The molecule has 84 valence electrons. The molecule has 1 heterocycles. The molecule has 1 aromatic heterocycles. The number of hydrogen-bond donors (Lipinski definition) is 0. The molecule has 0 amide bonds. The van der Waals surface area contributed by atoms with Gasteiger partial charge in [0, 0.05) is 4.90 Å². The van der Waals surface area contributed by atoms with Crippen molar-refractivity contribution in [1.29, 1.82) is 0 Å². The molecule has 1 aromatic carbocycles. The Hall–Kier alpha value is -1.50. The van der Waals surface area contributed by atoms with E-state index in [9.17, 15) is 13.2 Å². The molecule has 0 saturated heterocycles. The van der Waals surface area contributed by atoms with Gasteiger partial charge in [0.1, 0.15) is 6.33 Å². The predicted molar refractivity (Wildman–Crippen MR) is 51.9 cm³/mol. The van der Waals surface area contributed by atoms with Crippen molar-refractivity contribution < 1.29 is 13.2 Å². The van der Waals surface area contributed by atoms with Crippen LogP contribution in [0.2, 0.25) is 0 Å². The topological polar surface area (TPSA) is 30.7 Å². The Morgan fingerprint density at radius 3 is 2.44 bits per heavy atom. The number of halogens is 3. The number of benzene rings is 1. The van der Waals surface area contributed by atoms with Crippen molar-refractivity contribution in [3.8, 4) is 0 Å². The summed E-state index contributed by atoms with van der Waals surface area (Å²) in [7, 11) is 0. The summed E-state index contributed by atoms with van der Waals surface area (Å²) in [6, 6.07) is 8.70. The number of hydrogen-bond acceptors (Lipinski definition) is 3. The lowest BCUT2D eigenvalue weighted by Crippen LogP contribution is -2.16. The van der Waals surface area contributed by atoms with E-state index in [1.54, 1.807) is 30.3 Å². The fourth-order valence-corrected chi connectivity index (χ4v) is 1.90.